The Morgan fingerprint density at radius 2 is 1.84 bits per heavy atom. The van der Waals surface area contributed by atoms with Crippen molar-refractivity contribution in [3.8, 4) is 0 Å². The largest absolute Gasteiger partial charge is 0.464 e. The molecule has 1 aliphatic heterocycles. The van der Waals surface area contributed by atoms with Gasteiger partial charge in [0.2, 0.25) is 5.91 Å². The third kappa shape index (κ3) is 10.4. The van der Waals surface area contributed by atoms with Gasteiger partial charge in [-0.25, -0.2) is 4.79 Å². The standard InChI is InChI=1S/C19H36N2O4/c1-5-6-7-8-9-10-11-13-21(25-19(2,3)4)15-17(22)20-16-12-14-24-18(16)23/h16H,5-15H2,1-4H3,(H,20,22)/t16-/m0/s1. The van der Waals surface area contributed by atoms with E-state index in [-0.39, 0.29) is 24.0 Å². The fourth-order valence-electron chi connectivity index (χ4n) is 2.82. The number of ether oxygens (including phenoxy) is 1. The number of rotatable bonds is 12. The van der Waals surface area contributed by atoms with Crippen molar-refractivity contribution in [2.45, 2.75) is 90.7 Å². The summed E-state index contributed by atoms with van der Waals surface area (Å²) in [6.07, 6.45) is 9.06. The van der Waals surface area contributed by atoms with Crippen LogP contribution in [0.3, 0.4) is 0 Å². The van der Waals surface area contributed by atoms with Crippen molar-refractivity contribution in [2.75, 3.05) is 19.7 Å². The van der Waals surface area contributed by atoms with Gasteiger partial charge in [0.25, 0.3) is 0 Å². The molecule has 0 bridgehead atoms. The molecule has 1 fully saturated rings. The molecule has 1 atom stereocenters. The third-order valence-electron chi connectivity index (χ3n) is 4.00. The minimum Gasteiger partial charge on any atom is -0.464 e. The van der Waals surface area contributed by atoms with Crippen LogP contribution in [0.15, 0.2) is 0 Å². The Hall–Kier alpha value is -1.14. The van der Waals surface area contributed by atoms with E-state index in [1.807, 2.05) is 20.8 Å². The van der Waals surface area contributed by atoms with Crippen LogP contribution in [0.1, 0.15) is 79.1 Å². The second-order valence-corrected chi connectivity index (χ2v) is 7.76. The Kier molecular flexibility index (Phi) is 10.0. The monoisotopic (exact) mass is 356 g/mol. The summed E-state index contributed by atoms with van der Waals surface area (Å²) in [7, 11) is 0. The molecular weight excluding hydrogens is 320 g/mol. The van der Waals surface area contributed by atoms with Crippen molar-refractivity contribution in [1.82, 2.24) is 10.4 Å². The first-order valence-electron chi connectivity index (χ1n) is 9.72. The van der Waals surface area contributed by atoms with Gasteiger partial charge in [-0.1, -0.05) is 45.4 Å². The van der Waals surface area contributed by atoms with Crippen LogP contribution in [0, 0.1) is 0 Å². The lowest BCUT2D eigenvalue weighted by Crippen LogP contribution is -2.46. The molecular formula is C19H36N2O4. The summed E-state index contributed by atoms with van der Waals surface area (Å²) in [5, 5.41) is 4.46. The highest BCUT2D eigenvalue weighted by atomic mass is 16.7. The summed E-state index contributed by atoms with van der Waals surface area (Å²) in [4.78, 5) is 29.6. The minimum absolute atomic E-state index is 0.136. The van der Waals surface area contributed by atoms with Crippen LogP contribution in [0.25, 0.3) is 0 Å². The molecule has 0 radical (unpaired) electrons. The van der Waals surface area contributed by atoms with Crippen molar-refractivity contribution in [3.05, 3.63) is 0 Å². The lowest BCUT2D eigenvalue weighted by molar-refractivity contribution is -0.227. The van der Waals surface area contributed by atoms with Crippen molar-refractivity contribution >= 4 is 11.9 Å². The maximum Gasteiger partial charge on any atom is 0.328 e. The zero-order valence-corrected chi connectivity index (χ0v) is 16.4. The summed E-state index contributed by atoms with van der Waals surface area (Å²) >= 11 is 0. The molecule has 0 saturated carbocycles. The van der Waals surface area contributed by atoms with Crippen LogP contribution in [0.4, 0.5) is 0 Å². The molecule has 0 aromatic rings. The number of hydrogen-bond donors (Lipinski definition) is 1. The van der Waals surface area contributed by atoms with Crippen LogP contribution >= 0.6 is 0 Å². The van der Waals surface area contributed by atoms with E-state index >= 15 is 0 Å². The van der Waals surface area contributed by atoms with Gasteiger partial charge >= 0.3 is 5.97 Å². The van der Waals surface area contributed by atoms with E-state index in [2.05, 4.69) is 12.2 Å². The van der Waals surface area contributed by atoms with E-state index in [9.17, 15) is 9.59 Å². The normalized spacial score (nSPS) is 17.8. The van der Waals surface area contributed by atoms with Crippen molar-refractivity contribution in [1.29, 1.82) is 0 Å². The molecule has 1 amide bonds. The average molecular weight is 357 g/mol. The fraction of sp³-hybridized carbons (Fsp3) is 0.895. The number of esters is 1. The highest BCUT2D eigenvalue weighted by Crippen LogP contribution is 2.13. The van der Waals surface area contributed by atoms with Crippen molar-refractivity contribution in [3.63, 3.8) is 0 Å². The molecule has 0 aromatic heterocycles. The van der Waals surface area contributed by atoms with E-state index in [0.29, 0.717) is 19.6 Å². The predicted molar refractivity (Wildman–Crippen MR) is 97.9 cm³/mol. The second-order valence-electron chi connectivity index (χ2n) is 7.76. The Labute approximate surface area is 152 Å². The van der Waals surface area contributed by atoms with Crippen LogP contribution in [-0.2, 0) is 19.2 Å². The zero-order chi connectivity index (χ0) is 18.7. The number of nitrogens with zero attached hydrogens (tertiary/aromatic N) is 1. The Morgan fingerprint density at radius 3 is 2.40 bits per heavy atom. The molecule has 25 heavy (non-hydrogen) atoms. The van der Waals surface area contributed by atoms with Gasteiger partial charge < -0.3 is 10.1 Å². The predicted octanol–water partition coefficient (Wildman–Crippen LogP) is 3.20. The summed E-state index contributed by atoms with van der Waals surface area (Å²) in [5.41, 5.74) is -0.353. The quantitative estimate of drug-likeness (QED) is 0.330. The first-order chi connectivity index (χ1) is 11.8. The number of carbonyl (C=O) groups is 2. The van der Waals surface area contributed by atoms with Crippen molar-refractivity contribution in [2.24, 2.45) is 0 Å². The SMILES string of the molecule is CCCCCCCCCN(CC(=O)N[C@H]1CCOC1=O)OC(C)(C)C. The molecule has 1 aliphatic rings. The van der Waals surface area contributed by atoms with Gasteiger partial charge in [0.1, 0.15) is 12.6 Å². The van der Waals surface area contributed by atoms with Gasteiger partial charge in [-0.15, -0.1) is 0 Å². The zero-order valence-electron chi connectivity index (χ0n) is 16.4. The number of cyclic esters (lactones) is 1. The maximum atomic E-state index is 12.2. The van der Waals surface area contributed by atoms with E-state index in [4.69, 9.17) is 9.57 Å². The lowest BCUT2D eigenvalue weighted by Gasteiger charge is -2.29. The van der Waals surface area contributed by atoms with Crippen molar-refractivity contribution < 1.29 is 19.2 Å². The Morgan fingerprint density at radius 1 is 1.20 bits per heavy atom. The first-order valence-corrected chi connectivity index (χ1v) is 9.72. The fourth-order valence-corrected chi connectivity index (χ4v) is 2.82. The summed E-state index contributed by atoms with van der Waals surface area (Å²) < 4.78 is 4.87. The van der Waals surface area contributed by atoms with E-state index < -0.39 is 6.04 Å². The topological polar surface area (TPSA) is 67.9 Å². The maximum absolute atomic E-state index is 12.2. The van der Waals surface area contributed by atoms with Crippen LogP contribution in [-0.4, -0.2) is 48.3 Å². The van der Waals surface area contributed by atoms with Gasteiger partial charge in [0.05, 0.1) is 12.2 Å². The van der Waals surface area contributed by atoms with Crippen LogP contribution in [0.2, 0.25) is 0 Å². The molecule has 1 saturated heterocycles. The smallest absolute Gasteiger partial charge is 0.328 e. The van der Waals surface area contributed by atoms with E-state index in [1.54, 1.807) is 5.06 Å². The summed E-state index contributed by atoms with van der Waals surface area (Å²) in [5.74, 6) is -0.542. The summed E-state index contributed by atoms with van der Waals surface area (Å²) in [6.45, 7) is 9.36. The van der Waals surface area contributed by atoms with Crippen LogP contribution in [0.5, 0.6) is 0 Å². The average Bonchev–Trinajstić information content (AvgIpc) is 2.89. The number of amides is 1. The molecule has 1 heterocycles. The van der Waals surface area contributed by atoms with E-state index in [1.165, 1.54) is 32.1 Å². The molecule has 6 nitrogen and oxygen atoms in total. The van der Waals surface area contributed by atoms with Gasteiger partial charge in [-0.3, -0.25) is 9.63 Å². The van der Waals surface area contributed by atoms with E-state index in [0.717, 1.165) is 12.8 Å². The third-order valence-corrected chi connectivity index (χ3v) is 4.00. The number of unbranched alkanes of at least 4 members (excludes halogenated alkanes) is 6. The number of hydroxylamine groups is 2. The van der Waals surface area contributed by atoms with Gasteiger partial charge in [-0.2, -0.15) is 5.06 Å². The molecule has 0 aliphatic carbocycles. The van der Waals surface area contributed by atoms with Gasteiger partial charge in [0, 0.05) is 13.0 Å². The lowest BCUT2D eigenvalue weighted by atomic mass is 10.1. The Bertz CT molecular complexity index is 407. The molecule has 0 unspecified atom stereocenters. The second kappa shape index (κ2) is 11.5. The van der Waals surface area contributed by atoms with Gasteiger partial charge in [-0.05, 0) is 27.2 Å². The van der Waals surface area contributed by atoms with Gasteiger partial charge in [0.15, 0.2) is 0 Å². The summed E-state index contributed by atoms with van der Waals surface area (Å²) in [6, 6.07) is -0.512. The molecule has 1 N–H and O–H groups in total. The molecule has 1 rings (SSSR count). The Balaban J connectivity index is 2.33. The highest BCUT2D eigenvalue weighted by molar-refractivity contribution is 5.86. The highest BCUT2D eigenvalue weighted by Gasteiger charge is 2.29. The molecule has 0 aromatic carbocycles. The molecule has 146 valence electrons. The number of nitrogens with one attached hydrogen (secondary N) is 1. The molecule has 0 spiro atoms. The van der Waals surface area contributed by atoms with Crippen LogP contribution < -0.4 is 5.32 Å². The minimum atomic E-state index is -0.512. The first kappa shape index (κ1) is 21.9. The number of carbonyl (C=O) groups excluding carboxylic acids is 2. The number of hydrogen-bond acceptors (Lipinski definition) is 5. The molecule has 6 heteroatoms.